The Bertz CT molecular complexity index is 570. The van der Waals surface area contributed by atoms with E-state index in [1.165, 1.54) is 0 Å². The minimum absolute atomic E-state index is 0.105. The van der Waals surface area contributed by atoms with E-state index < -0.39 is 0 Å². The zero-order valence-corrected chi connectivity index (χ0v) is 13.2. The second-order valence-corrected chi connectivity index (χ2v) is 6.64. The van der Waals surface area contributed by atoms with E-state index in [2.05, 4.69) is 35.6 Å². The molecule has 0 spiro atoms. The third kappa shape index (κ3) is 4.39. The molecule has 0 radical (unpaired) electrons. The van der Waals surface area contributed by atoms with Crippen molar-refractivity contribution < 1.29 is 4.39 Å². The van der Waals surface area contributed by atoms with Gasteiger partial charge in [-0.05, 0) is 29.5 Å². The van der Waals surface area contributed by atoms with Crippen LogP contribution in [0.3, 0.4) is 0 Å². The first kappa shape index (κ1) is 15.7. The van der Waals surface area contributed by atoms with Crippen molar-refractivity contribution in [3.8, 4) is 0 Å². The molecule has 0 fully saturated rings. The predicted molar refractivity (Wildman–Crippen MR) is 83.4 cm³/mol. The molecular formula is C17H24FN3. The molecule has 4 heteroatoms. The number of aromatic nitrogens is 2. The van der Waals surface area contributed by atoms with Gasteiger partial charge in [0.1, 0.15) is 5.82 Å². The molecule has 0 aliphatic heterocycles. The molecule has 2 aromatic rings. The van der Waals surface area contributed by atoms with Crippen LogP contribution in [0.4, 0.5) is 4.39 Å². The van der Waals surface area contributed by atoms with E-state index in [0.717, 1.165) is 12.1 Å². The summed E-state index contributed by atoms with van der Waals surface area (Å²) in [5, 5.41) is 3.55. The Labute approximate surface area is 126 Å². The van der Waals surface area contributed by atoms with E-state index in [4.69, 9.17) is 0 Å². The smallest absolute Gasteiger partial charge is 0.126 e. The van der Waals surface area contributed by atoms with Crippen molar-refractivity contribution in [2.75, 3.05) is 0 Å². The number of aryl methyl sites for hydroxylation is 1. The maximum absolute atomic E-state index is 13.6. The van der Waals surface area contributed by atoms with Gasteiger partial charge in [0, 0.05) is 31.5 Å². The predicted octanol–water partition coefficient (Wildman–Crippen LogP) is 3.54. The Morgan fingerprint density at radius 1 is 1.33 bits per heavy atom. The van der Waals surface area contributed by atoms with Crippen LogP contribution in [0.1, 0.15) is 31.9 Å². The van der Waals surface area contributed by atoms with Gasteiger partial charge in [-0.3, -0.25) is 0 Å². The highest BCUT2D eigenvalue weighted by molar-refractivity contribution is 5.23. The van der Waals surface area contributed by atoms with Gasteiger partial charge in [0.15, 0.2) is 0 Å². The zero-order valence-electron chi connectivity index (χ0n) is 13.2. The summed E-state index contributed by atoms with van der Waals surface area (Å²) in [5.41, 5.74) is 1.76. The fraction of sp³-hybridized carbons (Fsp3) is 0.471. The van der Waals surface area contributed by atoms with Gasteiger partial charge in [0.2, 0.25) is 0 Å². The van der Waals surface area contributed by atoms with E-state index in [1.54, 1.807) is 19.2 Å². The first-order valence-electron chi connectivity index (χ1n) is 7.30. The maximum atomic E-state index is 13.6. The number of nitrogens with zero attached hydrogens (tertiary/aromatic N) is 2. The molecule has 0 aliphatic carbocycles. The number of nitrogens with one attached hydrogen (secondary N) is 1. The number of hydrogen-bond acceptors (Lipinski definition) is 2. The van der Waals surface area contributed by atoms with Gasteiger partial charge in [-0.25, -0.2) is 9.37 Å². The SMILES string of the molecule is Cc1ccc(CNC(Cn2ccnc2)C(C)(C)C)cc1F. The van der Waals surface area contributed by atoms with Crippen LogP contribution in [-0.4, -0.2) is 15.6 Å². The first-order valence-corrected chi connectivity index (χ1v) is 7.30. The zero-order chi connectivity index (χ0) is 15.5. The summed E-state index contributed by atoms with van der Waals surface area (Å²) in [6.45, 7) is 9.90. The van der Waals surface area contributed by atoms with Gasteiger partial charge in [0.05, 0.1) is 6.33 Å². The topological polar surface area (TPSA) is 29.9 Å². The summed E-state index contributed by atoms with van der Waals surface area (Å²) >= 11 is 0. The van der Waals surface area contributed by atoms with E-state index in [9.17, 15) is 4.39 Å². The molecule has 0 saturated carbocycles. The Hall–Kier alpha value is -1.68. The van der Waals surface area contributed by atoms with Crippen LogP contribution < -0.4 is 5.32 Å². The lowest BCUT2D eigenvalue weighted by atomic mass is 9.86. The van der Waals surface area contributed by atoms with E-state index in [-0.39, 0.29) is 17.3 Å². The fourth-order valence-corrected chi connectivity index (χ4v) is 2.24. The van der Waals surface area contributed by atoms with Crippen molar-refractivity contribution in [1.29, 1.82) is 0 Å². The first-order chi connectivity index (χ1) is 9.86. The van der Waals surface area contributed by atoms with Crippen LogP contribution in [0.5, 0.6) is 0 Å². The number of hydrogen-bond donors (Lipinski definition) is 1. The summed E-state index contributed by atoms with van der Waals surface area (Å²) in [6, 6.07) is 5.69. The average Bonchev–Trinajstić information content (AvgIpc) is 2.90. The molecule has 0 saturated heterocycles. The van der Waals surface area contributed by atoms with E-state index in [0.29, 0.717) is 12.1 Å². The highest BCUT2D eigenvalue weighted by Gasteiger charge is 2.24. The van der Waals surface area contributed by atoms with Crippen LogP contribution in [0.15, 0.2) is 36.9 Å². The number of imidazole rings is 1. The van der Waals surface area contributed by atoms with Crippen LogP contribution in [0.25, 0.3) is 0 Å². The van der Waals surface area contributed by atoms with Crippen LogP contribution in [0, 0.1) is 18.2 Å². The monoisotopic (exact) mass is 289 g/mol. The normalized spacial score (nSPS) is 13.4. The fourth-order valence-electron chi connectivity index (χ4n) is 2.24. The number of benzene rings is 1. The van der Waals surface area contributed by atoms with Crippen molar-refractivity contribution in [2.45, 2.75) is 46.8 Å². The number of halogens is 1. The highest BCUT2D eigenvalue weighted by Crippen LogP contribution is 2.21. The third-order valence-electron chi connectivity index (χ3n) is 3.79. The standard InChI is InChI=1S/C17H24FN3/c1-13-5-6-14(9-15(13)18)10-20-16(17(2,3)4)11-21-8-7-19-12-21/h5-9,12,16,20H,10-11H2,1-4H3. The minimum Gasteiger partial charge on any atom is -0.336 e. The Balaban J connectivity index is 2.03. The summed E-state index contributed by atoms with van der Waals surface area (Å²) in [5.74, 6) is -0.142. The molecule has 1 aromatic carbocycles. The van der Waals surface area contributed by atoms with Crippen LogP contribution in [0.2, 0.25) is 0 Å². The van der Waals surface area contributed by atoms with Gasteiger partial charge in [-0.15, -0.1) is 0 Å². The lowest BCUT2D eigenvalue weighted by molar-refractivity contribution is 0.240. The Kier molecular flexibility index (Phi) is 4.78. The second-order valence-electron chi connectivity index (χ2n) is 6.64. The Morgan fingerprint density at radius 3 is 2.67 bits per heavy atom. The molecule has 0 amide bonds. The lowest BCUT2D eigenvalue weighted by Crippen LogP contribution is -2.43. The quantitative estimate of drug-likeness (QED) is 0.912. The molecule has 2 rings (SSSR count). The van der Waals surface area contributed by atoms with Crippen molar-refractivity contribution in [3.05, 3.63) is 53.9 Å². The molecule has 1 N–H and O–H groups in total. The van der Waals surface area contributed by atoms with E-state index >= 15 is 0 Å². The van der Waals surface area contributed by atoms with Gasteiger partial charge >= 0.3 is 0 Å². The molecule has 1 atom stereocenters. The van der Waals surface area contributed by atoms with Gasteiger partial charge in [-0.1, -0.05) is 32.9 Å². The van der Waals surface area contributed by atoms with E-state index in [1.807, 2.05) is 24.7 Å². The number of rotatable bonds is 5. The summed E-state index contributed by atoms with van der Waals surface area (Å²) in [7, 11) is 0. The molecule has 0 bridgehead atoms. The molecule has 21 heavy (non-hydrogen) atoms. The molecule has 0 aliphatic rings. The van der Waals surface area contributed by atoms with Crippen LogP contribution >= 0.6 is 0 Å². The van der Waals surface area contributed by atoms with Crippen molar-refractivity contribution in [3.63, 3.8) is 0 Å². The molecule has 1 unspecified atom stereocenters. The summed E-state index contributed by atoms with van der Waals surface area (Å²) in [6.07, 6.45) is 5.58. The van der Waals surface area contributed by atoms with Crippen LogP contribution in [-0.2, 0) is 13.1 Å². The molecular weight excluding hydrogens is 265 g/mol. The summed E-state index contributed by atoms with van der Waals surface area (Å²) < 4.78 is 15.7. The highest BCUT2D eigenvalue weighted by atomic mass is 19.1. The van der Waals surface area contributed by atoms with Crippen molar-refractivity contribution in [2.24, 2.45) is 5.41 Å². The maximum Gasteiger partial charge on any atom is 0.126 e. The van der Waals surface area contributed by atoms with Gasteiger partial charge in [-0.2, -0.15) is 0 Å². The lowest BCUT2D eigenvalue weighted by Gasteiger charge is -2.32. The Morgan fingerprint density at radius 2 is 2.10 bits per heavy atom. The third-order valence-corrected chi connectivity index (χ3v) is 3.79. The molecule has 1 heterocycles. The van der Waals surface area contributed by atoms with Gasteiger partial charge in [0.25, 0.3) is 0 Å². The average molecular weight is 289 g/mol. The molecule has 1 aromatic heterocycles. The minimum atomic E-state index is -0.142. The largest absolute Gasteiger partial charge is 0.336 e. The summed E-state index contributed by atoms with van der Waals surface area (Å²) in [4.78, 5) is 4.08. The van der Waals surface area contributed by atoms with Crippen molar-refractivity contribution >= 4 is 0 Å². The molecule has 3 nitrogen and oxygen atoms in total. The van der Waals surface area contributed by atoms with Crippen molar-refractivity contribution in [1.82, 2.24) is 14.9 Å². The van der Waals surface area contributed by atoms with Gasteiger partial charge < -0.3 is 9.88 Å². The second kappa shape index (κ2) is 6.39. The molecule has 114 valence electrons.